The Hall–Kier alpha value is -2.80. The van der Waals surface area contributed by atoms with Gasteiger partial charge in [0.05, 0.1) is 16.3 Å². The van der Waals surface area contributed by atoms with Crippen molar-refractivity contribution in [2.75, 3.05) is 25.1 Å². The Labute approximate surface area is 172 Å². The van der Waals surface area contributed by atoms with Crippen molar-refractivity contribution in [3.05, 3.63) is 58.6 Å². The van der Waals surface area contributed by atoms with Crippen molar-refractivity contribution in [1.29, 1.82) is 0 Å². The van der Waals surface area contributed by atoms with Crippen LogP contribution < -0.4 is 4.90 Å². The van der Waals surface area contributed by atoms with Gasteiger partial charge in [-0.15, -0.1) is 0 Å². The Kier molecular flexibility index (Phi) is 9.78. The number of nitro groups is 1. The molecule has 0 saturated carbocycles. The van der Waals surface area contributed by atoms with E-state index < -0.39 is 4.92 Å². The molecular formula is C22H30N4O3. The lowest BCUT2D eigenvalue weighted by atomic mass is 10.1. The lowest BCUT2D eigenvalue weighted by molar-refractivity contribution is -0.384. The van der Waals surface area contributed by atoms with E-state index in [2.05, 4.69) is 22.2 Å². The van der Waals surface area contributed by atoms with Gasteiger partial charge in [-0.1, -0.05) is 32.1 Å². The van der Waals surface area contributed by atoms with E-state index in [4.69, 9.17) is 5.11 Å². The van der Waals surface area contributed by atoms with Crippen LogP contribution in [0.15, 0.2) is 58.8 Å². The Morgan fingerprint density at radius 1 is 0.828 bits per heavy atom. The van der Waals surface area contributed by atoms with E-state index in [1.807, 2.05) is 24.3 Å². The summed E-state index contributed by atoms with van der Waals surface area (Å²) in [5, 5.41) is 27.7. The molecule has 2 aromatic rings. The average molecular weight is 399 g/mol. The molecule has 2 rings (SSSR count). The number of nitrogens with zero attached hydrogens (tertiary/aromatic N) is 4. The SMILES string of the molecule is CN(CCCCCCCCCO)c1ccc(N=Nc2ccc([N+](=O)[O-])cc2)cc1. The van der Waals surface area contributed by atoms with Crippen LogP contribution in [-0.2, 0) is 0 Å². The first-order chi connectivity index (χ1) is 14.1. The summed E-state index contributed by atoms with van der Waals surface area (Å²) < 4.78 is 0. The highest BCUT2D eigenvalue weighted by atomic mass is 16.6. The second-order valence-corrected chi connectivity index (χ2v) is 7.11. The van der Waals surface area contributed by atoms with Crippen LogP contribution in [0.4, 0.5) is 22.7 Å². The summed E-state index contributed by atoms with van der Waals surface area (Å²) in [5.41, 5.74) is 2.50. The predicted molar refractivity (Wildman–Crippen MR) is 116 cm³/mol. The number of hydrogen-bond donors (Lipinski definition) is 1. The number of anilines is 1. The van der Waals surface area contributed by atoms with Crippen LogP contribution in [-0.4, -0.2) is 30.2 Å². The average Bonchev–Trinajstić information content (AvgIpc) is 2.74. The smallest absolute Gasteiger partial charge is 0.269 e. The zero-order valence-corrected chi connectivity index (χ0v) is 17.0. The monoisotopic (exact) mass is 398 g/mol. The molecule has 0 fully saturated rings. The molecule has 7 nitrogen and oxygen atoms in total. The van der Waals surface area contributed by atoms with E-state index in [0.29, 0.717) is 12.3 Å². The number of benzene rings is 2. The summed E-state index contributed by atoms with van der Waals surface area (Å²) in [7, 11) is 2.09. The lowest BCUT2D eigenvalue weighted by Gasteiger charge is -2.19. The molecule has 1 N–H and O–H groups in total. The molecule has 0 heterocycles. The molecule has 0 aliphatic rings. The maximum Gasteiger partial charge on any atom is 0.269 e. The molecule has 0 aliphatic heterocycles. The van der Waals surface area contributed by atoms with Crippen LogP contribution in [0.1, 0.15) is 44.9 Å². The standard InChI is InChI=1S/C22H30N4O3/c1-25(17-7-5-3-2-4-6-8-18-27)21-13-9-19(10-14-21)23-24-20-11-15-22(16-12-20)26(28)29/h9-16,27H,2-8,17-18H2,1H3. The molecule has 156 valence electrons. The van der Waals surface area contributed by atoms with E-state index in [9.17, 15) is 10.1 Å². The molecule has 0 radical (unpaired) electrons. The summed E-state index contributed by atoms with van der Waals surface area (Å²) in [4.78, 5) is 12.5. The van der Waals surface area contributed by atoms with Gasteiger partial charge in [0.1, 0.15) is 0 Å². The highest BCUT2D eigenvalue weighted by Crippen LogP contribution is 2.23. The number of aliphatic hydroxyl groups excluding tert-OH is 1. The Morgan fingerprint density at radius 2 is 1.31 bits per heavy atom. The number of hydrogen-bond acceptors (Lipinski definition) is 6. The molecule has 29 heavy (non-hydrogen) atoms. The normalized spacial score (nSPS) is 11.1. The molecule has 0 bridgehead atoms. The number of aliphatic hydroxyl groups is 1. The summed E-state index contributed by atoms with van der Waals surface area (Å²) in [6.07, 6.45) is 8.16. The van der Waals surface area contributed by atoms with Gasteiger partial charge in [0.15, 0.2) is 0 Å². The van der Waals surface area contributed by atoms with Crippen molar-refractivity contribution in [1.82, 2.24) is 0 Å². The van der Waals surface area contributed by atoms with Crippen molar-refractivity contribution in [2.45, 2.75) is 44.9 Å². The van der Waals surface area contributed by atoms with Crippen molar-refractivity contribution >= 4 is 22.7 Å². The zero-order valence-electron chi connectivity index (χ0n) is 17.0. The highest BCUT2D eigenvalue weighted by molar-refractivity contribution is 5.52. The summed E-state index contributed by atoms with van der Waals surface area (Å²) in [6.45, 7) is 1.32. The van der Waals surface area contributed by atoms with Gasteiger partial charge in [0, 0.05) is 38.0 Å². The second kappa shape index (κ2) is 12.6. The summed E-state index contributed by atoms with van der Waals surface area (Å²) in [6, 6.07) is 13.9. The predicted octanol–water partition coefficient (Wildman–Crippen LogP) is 6.17. The van der Waals surface area contributed by atoms with Gasteiger partial charge in [0.2, 0.25) is 0 Å². The van der Waals surface area contributed by atoms with E-state index in [-0.39, 0.29) is 5.69 Å². The van der Waals surface area contributed by atoms with Crippen molar-refractivity contribution in [2.24, 2.45) is 10.2 Å². The number of nitro benzene ring substituents is 1. The third kappa shape index (κ3) is 8.39. The van der Waals surface area contributed by atoms with Crippen molar-refractivity contribution in [3.63, 3.8) is 0 Å². The zero-order chi connectivity index (χ0) is 20.9. The van der Waals surface area contributed by atoms with Crippen LogP contribution in [0.25, 0.3) is 0 Å². The van der Waals surface area contributed by atoms with Gasteiger partial charge in [0.25, 0.3) is 5.69 Å². The number of rotatable bonds is 13. The fourth-order valence-electron chi connectivity index (χ4n) is 3.00. The fraction of sp³-hybridized carbons (Fsp3) is 0.455. The highest BCUT2D eigenvalue weighted by Gasteiger charge is 2.04. The quantitative estimate of drug-likeness (QED) is 0.189. The third-order valence-corrected chi connectivity index (χ3v) is 4.78. The minimum absolute atomic E-state index is 0.0398. The first-order valence-electron chi connectivity index (χ1n) is 10.2. The maximum atomic E-state index is 10.7. The molecule has 0 unspecified atom stereocenters. The minimum atomic E-state index is -0.435. The van der Waals surface area contributed by atoms with Crippen LogP contribution >= 0.6 is 0 Å². The third-order valence-electron chi connectivity index (χ3n) is 4.78. The molecule has 0 amide bonds. The molecule has 0 aliphatic carbocycles. The lowest BCUT2D eigenvalue weighted by Crippen LogP contribution is -2.18. The summed E-state index contributed by atoms with van der Waals surface area (Å²) >= 11 is 0. The Morgan fingerprint density at radius 3 is 1.83 bits per heavy atom. The van der Waals surface area contributed by atoms with Gasteiger partial charge in [-0.25, -0.2) is 0 Å². The molecule has 0 saturated heterocycles. The number of unbranched alkanes of at least 4 members (excludes halogenated alkanes) is 6. The van der Waals surface area contributed by atoms with Gasteiger partial charge < -0.3 is 10.0 Å². The Balaban J connectivity index is 1.73. The van der Waals surface area contributed by atoms with Gasteiger partial charge in [-0.3, -0.25) is 10.1 Å². The first kappa shape index (κ1) is 22.5. The molecule has 0 spiro atoms. The Bertz CT molecular complexity index is 761. The maximum absolute atomic E-state index is 10.7. The molecule has 7 heteroatoms. The van der Waals surface area contributed by atoms with Gasteiger partial charge >= 0.3 is 0 Å². The van der Waals surface area contributed by atoms with Crippen molar-refractivity contribution in [3.8, 4) is 0 Å². The molecular weight excluding hydrogens is 368 g/mol. The molecule has 0 aromatic heterocycles. The van der Waals surface area contributed by atoms with Crippen molar-refractivity contribution < 1.29 is 10.0 Å². The van der Waals surface area contributed by atoms with Gasteiger partial charge in [-0.05, 0) is 49.2 Å². The topological polar surface area (TPSA) is 91.3 Å². The van der Waals surface area contributed by atoms with E-state index in [0.717, 1.165) is 37.2 Å². The molecule has 0 atom stereocenters. The van der Waals surface area contributed by atoms with E-state index >= 15 is 0 Å². The summed E-state index contributed by atoms with van der Waals surface area (Å²) in [5.74, 6) is 0. The van der Waals surface area contributed by atoms with E-state index in [1.165, 1.54) is 37.8 Å². The van der Waals surface area contributed by atoms with Gasteiger partial charge in [-0.2, -0.15) is 10.2 Å². The number of non-ortho nitro benzene ring substituents is 1. The minimum Gasteiger partial charge on any atom is -0.396 e. The first-order valence-corrected chi connectivity index (χ1v) is 10.2. The second-order valence-electron chi connectivity index (χ2n) is 7.11. The van der Waals surface area contributed by atoms with Crippen LogP contribution in [0.3, 0.4) is 0 Å². The number of azo groups is 1. The fourth-order valence-corrected chi connectivity index (χ4v) is 3.00. The van der Waals surface area contributed by atoms with E-state index in [1.54, 1.807) is 12.1 Å². The van der Waals surface area contributed by atoms with Crippen LogP contribution in [0.2, 0.25) is 0 Å². The van der Waals surface area contributed by atoms with Crippen LogP contribution in [0, 0.1) is 10.1 Å². The van der Waals surface area contributed by atoms with Crippen LogP contribution in [0.5, 0.6) is 0 Å². The molecule has 2 aromatic carbocycles. The largest absolute Gasteiger partial charge is 0.396 e.